The Morgan fingerprint density at radius 3 is 2.31 bits per heavy atom. The van der Waals surface area contributed by atoms with Gasteiger partial charge >= 0.3 is 0 Å². The summed E-state index contributed by atoms with van der Waals surface area (Å²) in [6.07, 6.45) is 0. The Morgan fingerprint density at radius 1 is 0.828 bits per heavy atom. The van der Waals surface area contributed by atoms with E-state index in [4.69, 9.17) is 11.6 Å². The van der Waals surface area contributed by atoms with Crippen molar-refractivity contribution in [2.75, 3.05) is 10.6 Å². The minimum Gasteiger partial charge on any atom is -0.322 e. The second kappa shape index (κ2) is 8.07. The number of carbonyl (C=O) groups is 2. The van der Waals surface area contributed by atoms with Gasteiger partial charge in [-0.1, -0.05) is 60.1 Å². The Balaban J connectivity index is 1.65. The molecule has 4 aromatic rings. The van der Waals surface area contributed by atoms with E-state index in [9.17, 15) is 9.59 Å². The van der Waals surface area contributed by atoms with Crippen LogP contribution in [0.1, 0.15) is 25.6 Å². The van der Waals surface area contributed by atoms with Gasteiger partial charge in [-0.05, 0) is 36.8 Å². The average Bonchev–Trinajstić information content (AvgIpc) is 3.07. The van der Waals surface area contributed by atoms with Crippen molar-refractivity contribution in [1.82, 2.24) is 0 Å². The second-order valence-electron chi connectivity index (χ2n) is 6.51. The number of halogens is 1. The van der Waals surface area contributed by atoms with Gasteiger partial charge in [-0.3, -0.25) is 9.59 Å². The summed E-state index contributed by atoms with van der Waals surface area (Å²) in [5.74, 6) is -0.628. The molecule has 0 aliphatic rings. The van der Waals surface area contributed by atoms with Crippen molar-refractivity contribution in [2.45, 2.75) is 6.92 Å². The molecule has 0 aliphatic carbocycles. The topological polar surface area (TPSA) is 58.2 Å². The molecule has 144 valence electrons. The van der Waals surface area contributed by atoms with Crippen LogP contribution in [0, 0.1) is 6.92 Å². The Kier molecular flexibility index (Phi) is 5.34. The lowest BCUT2D eigenvalue weighted by molar-refractivity contribution is 0.102. The summed E-state index contributed by atoms with van der Waals surface area (Å²) in [4.78, 5) is 26.2. The van der Waals surface area contributed by atoms with E-state index in [0.29, 0.717) is 26.8 Å². The van der Waals surface area contributed by atoms with E-state index in [1.807, 2.05) is 67.6 Å². The fraction of sp³-hybridized carbons (Fsp3) is 0.0435. The molecule has 1 heterocycles. The van der Waals surface area contributed by atoms with Crippen molar-refractivity contribution in [2.24, 2.45) is 0 Å². The third-order valence-electron chi connectivity index (χ3n) is 4.53. The van der Waals surface area contributed by atoms with Crippen molar-refractivity contribution >= 4 is 56.2 Å². The van der Waals surface area contributed by atoms with Crippen LogP contribution in [0.25, 0.3) is 10.1 Å². The van der Waals surface area contributed by atoms with Crippen LogP contribution in [0.3, 0.4) is 0 Å². The number of carbonyl (C=O) groups excluding carboxylic acids is 2. The van der Waals surface area contributed by atoms with Crippen LogP contribution >= 0.6 is 22.9 Å². The van der Waals surface area contributed by atoms with E-state index >= 15 is 0 Å². The molecule has 0 atom stereocenters. The molecule has 2 N–H and O–H groups in total. The Hall–Kier alpha value is -3.15. The molecule has 0 radical (unpaired) electrons. The number of para-hydroxylation sites is 2. The maximum atomic E-state index is 13.0. The van der Waals surface area contributed by atoms with Crippen molar-refractivity contribution in [3.63, 3.8) is 0 Å². The lowest BCUT2D eigenvalue weighted by Crippen LogP contribution is -2.18. The minimum atomic E-state index is -0.334. The number of aryl methyl sites for hydroxylation is 1. The first-order chi connectivity index (χ1) is 14.0. The second-order valence-corrected chi connectivity index (χ2v) is 7.94. The lowest BCUT2D eigenvalue weighted by atomic mass is 10.1. The van der Waals surface area contributed by atoms with E-state index in [1.165, 1.54) is 11.3 Å². The predicted octanol–water partition coefficient (Wildman–Crippen LogP) is 6.37. The number of anilines is 2. The first-order valence-electron chi connectivity index (χ1n) is 8.99. The highest BCUT2D eigenvalue weighted by molar-refractivity contribution is 7.21. The third kappa shape index (κ3) is 3.88. The minimum absolute atomic E-state index is 0.294. The molecule has 6 heteroatoms. The van der Waals surface area contributed by atoms with Crippen LogP contribution in [-0.4, -0.2) is 11.8 Å². The number of fused-ring (bicyclic) bond motifs is 1. The SMILES string of the molecule is Cc1cccc(C(=O)Nc2ccccc2)c1NC(=O)c1sc2ccccc2c1Cl. The monoisotopic (exact) mass is 420 g/mol. The van der Waals surface area contributed by atoms with Gasteiger partial charge in [0.1, 0.15) is 4.88 Å². The number of hydrogen-bond acceptors (Lipinski definition) is 3. The fourth-order valence-corrected chi connectivity index (χ4v) is 4.49. The maximum absolute atomic E-state index is 13.0. The number of rotatable bonds is 4. The van der Waals surface area contributed by atoms with Gasteiger partial charge < -0.3 is 10.6 Å². The van der Waals surface area contributed by atoms with E-state index in [-0.39, 0.29) is 11.8 Å². The quantitative estimate of drug-likeness (QED) is 0.403. The average molecular weight is 421 g/mol. The smallest absolute Gasteiger partial charge is 0.267 e. The molecule has 0 unspecified atom stereocenters. The van der Waals surface area contributed by atoms with Crippen LogP contribution in [0.15, 0.2) is 72.8 Å². The van der Waals surface area contributed by atoms with Gasteiger partial charge in [-0.15, -0.1) is 11.3 Å². The molecule has 4 nitrogen and oxygen atoms in total. The van der Waals surface area contributed by atoms with E-state index in [2.05, 4.69) is 10.6 Å². The first kappa shape index (κ1) is 19.2. The number of thiophene rings is 1. The van der Waals surface area contributed by atoms with Crippen molar-refractivity contribution in [3.8, 4) is 0 Å². The Morgan fingerprint density at radius 2 is 1.55 bits per heavy atom. The van der Waals surface area contributed by atoms with E-state index in [0.717, 1.165) is 15.6 Å². The molecule has 0 bridgehead atoms. The van der Waals surface area contributed by atoms with Crippen molar-refractivity contribution < 1.29 is 9.59 Å². The summed E-state index contributed by atoms with van der Waals surface area (Å²) >= 11 is 7.77. The normalized spacial score (nSPS) is 10.7. The molecule has 0 aliphatic heterocycles. The highest BCUT2D eigenvalue weighted by Gasteiger charge is 2.20. The highest BCUT2D eigenvalue weighted by Crippen LogP contribution is 2.36. The molecule has 2 amide bonds. The van der Waals surface area contributed by atoms with Gasteiger partial charge in [0, 0.05) is 15.8 Å². The summed E-state index contributed by atoms with van der Waals surface area (Å²) in [5, 5.41) is 7.01. The Labute approximate surface area is 177 Å². The van der Waals surface area contributed by atoms with Gasteiger partial charge in [0.2, 0.25) is 0 Å². The molecule has 3 aromatic carbocycles. The van der Waals surface area contributed by atoms with Gasteiger partial charge in [0.05, 0.1) is 16.3 Å². The van der Waals surface area contributed by atoms with Crippen LogP contribution in [0.5, 0.6) is 0 Å². The first-order valence-corrected chi connectivity index (χ1v) is 10.2. The van der Waals surface area contributed by atoms with Crippen LogP contribution in [0.4, 0.5) is 11.4 Å². The molecule has 0 fully saturated rings. The highest BCUT2D eigenvalue weighted by atomic mass is 35.5. The number of benzene rings is 3. The van der Waals surface area contributed by atoms with Crippen LogP contribution in [0.2, 0.25) is 5.02 Å². The van der Waals surface area contributed by atoms with Crippen molar-refractivity contribution in [1.29, 1.82) is 0 Å². The number of nitrogens with one attached hydrogen (secondary N) is 2. The summed E-state index contributed by atoms with van der Waals surface area (Å²) in [5.41, 5.74) is 2.33. The molecule has 0 spiro atoms. The zero-order chi connectivity index (χ0) is 20.4. The Bertz CT molecular complexity index is 1220. The third-order valence-corrected chi connectivity index (χ3v) is 6.20. The number of hydrogen-bond donors (Lipinski definition) is 2. The molecule has 1 aromatic heterocycles. The summed E-state index contributed by atoms with van der Waals surface area (Å²) in [6.45, 7) is 1.85. The fourth-order valence-electron chi connectivity index (χ4n) is 3.07. The van der Waals surface area contributed by atoms with Gasteiger partial charge in [0.15, 0.2) is 0 Å². The zero-order valence-electron chi connectivity index (χ0n) is 15.5. The van der Waals surface area contributed by atoms with Gasteiger partial charge in [0.25, 0.3) is 11.8 Å². The summed E-state index contributed by atoms with van der Waals surface area (Å²) in [7, 11) is 0. The van der Waals surface area contributed by atoms with Crippen LogP contribution < -0.4 is 10.6 Å². The van der Waals surface area contributed by atoms with Crippen LogP contribution in [-0.2, 0) is 0 Å². The maximum Gasteiger partial charge on any atom is 0.267 e. The van der Waals surface area contributed by atoms with Gasteiger partial charge in [-0.25, -0.2) is 0 Å². The molecule has 0 saturated heterocycles. The molecular formula is C23H17ClN2O2S. The van der Waals surface area contributed by atoms with Crippen molar-refractivity contribution in [3.05, 3.63) is 93.8 Å². The molecule has 4 rings (SSSR count). The molecular weight excluding hydrogens is 404 g/mol. The van der Waals surface area contributed by atoms with Gasteiger partial charge in [-0.2, -0.15) is 0 Å². The predicted molar refractivity (Wildman–Crippen MR) is 120 cm³/mol. The van der Waals surface area contributed by atoms with E-state index in [1.54, 1.807) is 12.1 Å². The largest absolute Gasteiger partial charge is 0.322 e. The summed E-state index contributed by atoms with van der Waals surface area (Å²) in [6, 6.07) is 22.1. The number of amides is 2. The standard InChI is InChI=1S/C23H17ClN2O2S/c1-14-8-7-12-17(22(27)25-15-9-3-2-4-10-15)20(14)26-23(28)21-19(24)16-11-5-6-13-18(16)29-21/h2-13H,1H3,(H,25,27)(H,26,28). The molecule has 29 heavy (non-hydrogen) atoms. The zero-order valence-corrected chi connectivity index (χ0v) is 17.1. The van der Waals surface area contributed by atoms with E-state index < -0.39 is 0 Å². The lowest BCUT2D eigenvalue weighted by Gasteiger charge is -2.14. The molecule has 0 saturated carbocycles. The summed E-state index contributed by atoms with van der Waals surface area (Å²) < 4.78 is 0.939.